The minimum absolute atomic E-state index is 0.195. The molecule has 0 bridgehead atoms. The van der Waals surface area contributed by atoms with Crippen LogP contribution >= 0.6 is 22.9 Å². The molecule has 7 heteroatoms. The molecule has 1 aromatic carbocycles. The maximum absolute atomic E-state index is 12.0. The molecule has 0 aliphatic heterocycles. The highest BCUT2D eigenvalue weighted by atomic mass is 35.5. The van der Waals surface area contributed by atoms with Crippen LogP contribution in [0.4, 0.5) is 5.69 Å². The first-order chi connectivity index (χ1) is 8.53. The summed E-state index contributed by atoms with van der Waals surface area (Å²) in [7, 11) is -3.64. The molecule has 2 aromatic rings. The lowest BCUT2D eigenvalue weighted by molar-refractivity contribution is 0.603. The second kappa shape index (κ2) is 4.98. The molecule has 0 spiro atoms. The maximum atomic E-state index is 12.0. The summed E-state index contributed by atoms with van der Waals surface area (Å²) in [4.78, 5) is 0. The third-order valence-electron chi connectivity index (χ3n) is 2.10. The van der Waals surface area contributed by atoms with Gasteiger partial charge in [0, 0.05) is 0 Å². The number of thiophene rings is 1. The number of nitrogens with one attached hydrogen (secondary N) is 1. The zero-order valence-electron chi connectivity index (χ0n) is 8.92. The molecular formula is C11H7ClN2O2S2. The zero-order chi connectivity index (χ0) is 13.2. The average Bonchev–Trinajstić information content (AvgIpc) is 2.86. The molecule has 92 valence electrons. The van der Waals surface area contributed by atoms with E-state index in [0.29, 0.717) is 5.56 Å². The Morgan fingerprint density at radius 1 is 1.33 bits per heavy atom. The number of nitriles is 1. The van der Waals surface area contributed by atoms with Crippen molar-refractivity contribution in [3.8, 4) is 6.07 Å². The molecule has 4 nitrogen and oxygen atoms in total. The quantitative estimate of drug-likeness (QED) is 0.946. The Morgan fingerprint density at radius 2 is 2.11 bits per heavy atom. The summed E-state index contributed by atoms with van der Waals surface area (Å²) in [6.07, 6.45) is 0. The smallest absolute Gasteiger partial charge is 0.271 e. The van der Waals surface area contributed by atoms with Crippen molar-refractivity contribution in [3.63, 3.8) is 0 Å². The van der Waals surface area contributed by atoms with E-state index in [1.807, 2.05) is 6.07 Å². The van der Waals surface area contributed by atoms with Crippen molar-refractivity contribution in [2.45, 2.75) is 4.21 Å². The van der Waals surface area contributed by atoms with Gasteiger partial charge in [-0.25, -0.2) is 8.42 Å². The number of hydrogen-bond acceptors (Lipinski definition) is 4. The number of anilines is 1. The number of hydrogen-bond donors (Lipinski definition) is 1. The second-order valence-electron chi connectivity index (χ2n) is 3.34. The van der Waals surface area contributed by atoms with E-state index in [1.165, 1.54) is 24.3 Å². The summed E-state index contributed by atoms with van der Waals surface area (Å²) in [6.45, 7) is 0. The standard InChI is InChI=1S/C11H7ClN2O2S2/c12-9-4-3-8(7-13)6-10(9)14-18(15,16)11-2-1-5-17-11/h1-6,14H. The van der Waals surface area contributed by atoms with Gasteiger partial charge in [-0.1, -0.05) is 17.7 Å². The number of benzene rings is 1. The summed E-state index contributed by atoms with van der Waals surface area (Å²) in [5.74, 6) is 0. The minimum atomic E-state index is -3.64. The molecular weight excluding hydrogens is 292 g/mol. The minimum Gasteiger partial charge on any atom is -0.277 e. The fourth-order valence-electron chi connectivity index (χ4n) is 1.28. The van der Waals surface area contributed by atoms with Gasteiger partial charge >= 0.3 is 0 Å². The van der Waals surface area contributed by atoms with Gasteiger partial charge in [0.25, 0.3) is 10.0 Å². The Hall–Kier alpha value is -1.55. The van der Waals surface area contributed by atoms with Crippen LogP contribution in [0.5, 0.6) is 0 Å². The molecule has 0 fully saturated rings. The van der Waals surface area contributed by atoms with Crippen molar-refractivity contribution < 1.29 is 8.42 Å². The predicted molar refractivity (Wildman–Crippen MR) is 71.3 cm³/mol. The van der Waals surface area contributed by atoms with Gasteiger partial charge in [-0.3, -0.25) is 4.72 Å². The molecule has 2 rings (SSSR count). The Balaban J connectivity index is 2.38. The van der Waals surface area contributed by atoms with Crippen LogP contribution in [0.1, 0.15) is 5.56 Å². The Bertz CT molecular complexity index is 703. The van der Waals surface area contributed by atoms with Gasteiger partial charge in [-0.15, -0.1) is 11.3 Å². The average molecular weight is 299 g/mol. The Morgan fingerprint density at radius 3 is 2.72 bits per heavy atom. The van der Waals surface area contributed by atoms with Crippen molar-refractivity contribution in [3.05, 3.63) is 46.3 Å². The molecule has 0 amide bonds. The molecule has 0 saturated heterocycles. The molecule has 0 atom stereocenters. The molecule has 18 heavy (non-hydrogen) atoms. The van der Waals surface area contributed by atoms with Gasteiger partial charge in [0.15, 0.2) is 0 Å². The van der Waals surface area contributed by atoms with Crippen molar-refractivity contribution >= 4 is 38.6 Å². The third-order valence-corrected chi connectivity index (χ3v) is 5.19. The molecule has 0 radical (unpaired) electrons. The predicted octanol–water partition coefficient (Wildman–Crippen LogP) is 3.07. The molecule has 0 saturated carbocycles. The van der Waals surface area contributed by atoms with Crippen LogP contribution in [0.25, 0.3) is 0 Å². The van der Waals surface area contributed by atoms with E-state index in [9.17, 15) is 8.42 Å². The van der Waals surface area contributed by atoms with E-state index in [-0.39, 0.29) is 14.9 Å². The Kier molecular flexibility index (Phi) is 3.57. The van der Waals surface area contributed by atoms with Crippen molar-refractivity contribution in [2.75, 3.05) is 4.72 Å². The van der Waals surface area contributed by atoms with Gasteiger partial charge in [0.1, 0.15) is 4.21 Å². The van der Waals surface area contributed by atoms with Crippen molar-refractivity contribution in [2.24, 2.45) is 0 Å². The van der Waals surface area contributed by atoms with Crippen LogP contribution < -0.4 is 4.72 Å². The van der Waals surface area contributed by atoms with Gasteiger partial charge in [0.05, 0.1) is 22.3 Å². The SMILES string of the molecule is N#Cc1ccc(Cl)c(NS(=O)(=O)c2cccs2)c1. The van der Waals surface area contributed by atoms with Crippen molar-refractivity contribution in [1.82, 2.24) is 0 Å². The highest BCUT2D eigenvalue weighted by Crippen LogP contribution is 2.26. The lowest BCUT2D eigenvalue weighted by atomic mass is 10.2. The van der Waals surface area contributed by atoms with Crippen LogP contribution in [0.3, 0.4) is 0 Å². The summed E-state index contributed by atoms with van der Waals surface area (Å²) in [5, 5.41) is 10.7. The van der Waals surface area contributed by atoms with Crippen LogP contribution in [-0.4, -0.2) is 8.42 Å². The molecule has 1 aromatic heterocycles. The third kappa shape index (κ3) is 2.64. The molecule has 1 N–H and O–H groups in total. The zero-order valence-corrected chi connectivity index (χ0v) is 11.3. The van der Waals surface area contributed by atoms with Crippen LogP contribution in [0, 0.1) is 11.3 Å². The normalized spacial score (nSPS) is 10.9. The van der Waals surface area contributed by atoms with E-state index in [1.54, 1.807) is 11.4 Å². The number of rotatable bonds is 3. The van der Waals surface area contributed by atoms with E-state index in [0.717, 1.165) is 11.3 Å². The van der Waals surface area contributed by atoms with E-state index >= 15 is 0 Å². The van der Waals surface area contributed by atoms with Crippen LogP contribution in [0.2, 0.25) is 5.02 Å². The number of sulfonamides is 1. The van der Waals surface area contributed by atoms with Gasteiger partial charge < -0.3 is 0 Å². The highest BCUT2D eigenvalue weighted by Gasteiger charge is 2.16. The largest absolute Gasteiger partial charge is 0.277 e. The summed E-state index contributed by atoms with van der Waals surface area (Å²) in [5.41, 5.74) is 0.535. The number of halogens is 1. The first-order valence-electron chi connectivity index (χ1n) is 4.79. The summed E-state index contributed by atoms with van der Waals surface area (Å²) < 4.78 is 26.5. The van der Waals surface area contributed by atoms with Crippen LogP contribution in [0.15, 0.2) is 39.9 Å². The fraction of sp³-hybridized carbons (Fsp3) is 0. The molecule has 0 aliphatic carbocycles. The number of nitrogens with zero attached hydrogens (tertiary/aromatic N) is 1. The molecule has 1 heterocycles. The second-order valence-corrected chi connectivity index (χ2v) is 6.61. The Labute approximate surface area is 114 Å². The lowest BCUT2D eigenvalue weighted by Crippen LogP contribution is -2.11. The van der Waals surface area contributed by atoms with Gasteiger partial charge in [-0.2, -0.15) is 5.26 Å². The summed E-state index contributed by atoms with van der Waals surface area (Å²) in [6, 6.07) is 9.46. The van der Waals surface area contributed by atoms with E-state index in [4.69, 9.17) is 16.9 Å². The monoisotopic (exact) mass is 298 g/mol. The summed E-state index contributed by atoms with van der Waals surface area (Å²) >= 11 is 6.99. The lowest BCUT2D eigenvalue weighted by Gasteiger charge is -2.08. The maximum Gasteiger partial charge on any atom is 0.271 e. The first kappa shape index (κ1) is 12.9. The first-order valence-corrected chi connectivity index (χ1v) is 7.53. The van der Waals surface area contributed by atoms with Gasteiger partial charge in [0.2, 0.25) is 0 Å². The highest BCUT2D eigenvalue weighted by molar-refractivity contribution is 7.94. The fourth-order valence-corrected chi connectivity index (χ4v) is 3.57. The molecule has 0 aliphatic rings. The van der Waals surface area contributed by atoms with Gasteiger partial charge in [-0.05, 0) is 29.6 Å². The van der Waals surface area contributed by atoms with Crippen LogP contribution in [-0.2, 0) is 10.0 Å². The van der Waals surface area contributed by atoms with E-state index in [2.05, 4.69) is 4.72 Å². The molecule has 0 unspecified atom stereocenters. The van der Waals surface area contributed by atoms with Crippen molar-refractivity contribution in [1.29, 1.82) is 5.26 Å². The topological polar surface area (TPSA) is 70.0 Å². The van der Waals surface area contributed by atoms with E-state index < -0.39 is 10.0 Å².